The lowest BCUT2D eigenvalue weighted by molar-refractivity contribution is -0.129. The van der Waals surface area contributed by atoms with Crippen LogP contribution in [0.4, 0.5) is 5.82 Å². The molecule has 0 aromatic carbocycles. The zero-order chi connectivity index (χ0) is 14.2. The van der Waals surface area contributed by atoms with E-state index >= 15 is 0 Å². The van der Waals surface area contributed by atoms with Crippen LogP contribution in [-0.2, 0) is 4.79 Å². The Kier molecular flexibility index (Phi) is 3.02. The molecule has 1 atom stereocenters. The number of anilines is 1. The van der Waals surface area contributed by atoms with Gasteiger partial charge in [-0.3, -0.25) is 4.79 Å². The van der Waals surface area contributed by atoms with Crippen molar-refractivity contribution in [3.05, 3.63) is 18.6 Å². The largest absolute Gasteiger partial charge is 0.354 e. The van der Waals surface area contributed by atoms with E-state index in [9.17, 15) is 4.79 Å². The summed E-state index contributed by atoms with van der Waals surface area (Å²) in [6.45, 7) is 2.79. The summed E-state index contributed by atoms with van der Waals surface area (Å²) in [6, 6.07) is 2.35. The van der Waals surface area contributed by atoms with Crippen LogP contribution in [0.1, 0.15) is 25.7 Å². The molecule has 6 nitrogen and oxygen atoms in total. The first-order valence-corrected chi connectivity index (χ1v) is 7.65. The van der Waals surface area contributed by atoms with E-state index in [4.69, 9.17) is 0 Å². The van der Waals surface area contributed by atoms with E-state index in [1.165, 1.54) is 0 Å². The van der Waals surface area contributed by atoms with Crippen LogP contribution in [-0.4, -0.2) is 51.4 Å². The number of piperidine rings is 1. The second-order valence-electron chi connectivity index (χ2n) is 5.87. The third kappa shape index (κ3) is 2.14. The molecule has 0 radical (unpaired) electrons. The molecule has 21 heavy (non-hydrogen) atoms. The number of carbonyl (C=O) groups is 1. The van der Waals surface area contributed by atoms with E-state index in [0.29, 0.717) is 18.4 Å². The number of amides is 1. The minimum Gasteiger partial charge on any atom is -0.354 e. The number of nitrogens with zero attached hydrogens (tertiary/aromatic N) is 4. The second kappa shape index (κ2) is 5.02. The first-order valence-electron chi connectivity index (χ1n) is 7.65. The molecule has 1 amide bonds. The molecular weight excluding hydrogens is 266 g/mol. The Morgan fingerprint density at radius 1 is 1.24 bits per heavy atom. The summed E-state index contributed by atoms with van der Waals surface area (Å²) in [5.41, 5.74) is 0.874. The van der Waals surface area contributed by atoms with Crippen molar-refractivity contribution in [2.45, 2.75) is 31.7 Å². The number of likely N-dealkylation sites (tertiary alicyclic amines) is 1. The van der Waals surface area contributed by atoms with Crippen LogP contribution in [0.15, 0.2) is 18.6 Å². The van der Waals surface area contributed by atoms with Gasteiger partial charge >= 0.3 is 0 Å². The van der Waals surface area contributed by atoms with Gasteiger partial charge in [0, 0.05) is 38.3 Å². The van der Waals surface area contributed by atoms with Gasteiger partial charge in [0.05, 0.1) is 5.39 Å². The van der Waals surface area contributed by atoms with Crippen LogP contribution in [0, 0.1) is 0 Å². The molecule has 1 N–H and O–H groups in total. The number of rotatable bonds is 2. The number of hydrogen-bond donors (Lipinski definition) is 1. The van der Waals surface area contributed by atoms with Crippen molar-refractivity contribution in [2.24, 2.45) is 0 Å². The van der Waals surface area contributed by atoms with Crippen LogP contribution in [0.5, 0.6) is 0 Å². The van der Waals surface area contributed by atoms with Crippen molar-refractivity contribution < 1.29 is 4.79 Å². The van der Waals surface area contributed by atoms with E-state index in [1.807, 2.05) is 12.3 Å². The van der Waals surface area contributed by atoms with Crippen LogP contribution in [0.2, 0.25) is 0 Å². The minimum atomic E-state index is 0.316. The fraction of sp³-hybridized carbons (Fsp3) is 0.533. The second-order valence-corrected chi connectivity index (χ2v) is 5.87. The van der Waals surface area contributed by atoms with E-state index in [-0.39, 0.29) is 0 Å². The fourth-order valence-electron chi connectivity index (χ4n) is 3.57. The molecule has 0 saturated carbocycles. The van der Waals surface area contributed by atoms with Gasteiger partial charge in [0.2, 0.25) is 5.91 Å². The average Bonchev–Trinajstić information content (AvgIpc) is 3.15. The first-order chi connectivity index (χ1) is 10.3. The maximum atomic E-state index is 12.0. The van der Waals surface area contributed by atoms with Crippen LogP contribution in [0.3, 0.4) is 0 Å². The number of aromatic nitrogens is 3. The lowest BCUT2D eigenvalue weighted by atomic mass is 10.0. The Hall–Kier alpha value is -2.11. The van der Waals surface area contributed by atoms with Crippen molar-refractivity contribution in [3.8, 4) is 0 Å². The SMILES string of the molecule is O=C1CCCN1C1CCCN(c2ncnc3[nH]ccc23)C1. The van der Waals surface area contributed by atoms with Crippen LogP contribution < -0.4 is 4.90 Å². The van der Waals surface area contributed by atoms with Crippen molar-refractivity contribution in [1.82, 2.24) is 19.9 Å². The number of carbonyl (C=O) groups excluding carboxylic acids is 1. The molecule has 4 heterocycles. The maximum absolute atomic E-state index is 12.0. The summed E-state index contributed by atoms with van der Waals surface area (Å²) in [5, 5.41) is 1.06. The molecule has 110 valence electrons. The van der Waals surface area contributed by atoms with E-state index in [1.54, 1.807) is 6.33 Å². The topological polar surface area (TPSA) is 65.1 Å². The molecule has 0 bridgehead atoms. The summed E-state index contributed by atoms with van der Waals surface area (Å²) in [7, 11) is 0. The van der Waals surface area contributed by atoms with Gasteiger partial charge in [0.1, 0.15) is 17.8 Å². The monoisotopic (exact) mass is 285 g/mol. The molecular formula is C15H19N5O. The molecule has 2 aromatic heterocycles. The molecule has 2 saturated heterocycles. The molecule has 2 aliphatic heterocycles. The van der Waals surface area contributed by atoms with Gasteiger partial charge in [-0.1, -0.05) is 0 Å². The number of H-pyrrole nitrogens is 1. The fourth-order valence-corrected chi connectivity index (χ4v) is 3.57. The maximum Gasteiger partial charge on any atom is 0.222 e. The highest BCUT2D eigenvalue weighted by Crippen LogP contribution is 2.27. The lowest BCUT2D eigenvalue weighted by Gasteiger charge is -2.38. The Balaban J connectivity index is 1.60. The van der Waals surface area contributed by atoms with Gasteiger partial charge in [-0.05, 0) is 25.3 Å². The van der Waals surface area contributed by atoms with Crippen molar-refractivity contribution in [3.63, 3.8) is 0 Å². The van der Waals surface area contributed by atoms with E-state index in [2.05, 4.69) is 24.8 Å². The third-order valence-corrected chi connectivity index (χ3v) is 4.58. The van der Waals surface area contributed by atoms with Gasteiger partial charge in [-0.2, -0.15) is 0 Å². The van der Waals surface area contributed by atoms with Gasteiger partial charge < -0.3 is 14.8 Å². The predicted molar refractivity (Wildman–Crippen MR) is 80.1 cm³/mol. The zero-order valence-corrected chi connectivity index (χ0v) is 12.0. The van der Waals surface area contributed by atoms with Gasteiger partial charge in [-0.15, -0.1) is 0 Å². The van der Waals surface area contributed by atoms with Crippen molar-refractivity contribution in [1.29, 1.82) is 0 Å². The summed E-state index contributed by atoms with van der Waals surface area (Å²) in [4.78, 5) is 28.2. The number of hydrogen-bond acceptors (Lipinski definition) is 4. The summed E-state index contributed by atoms with van der Waals surface area (Å²) >= 11 is 0. The molecule has 2 fully saturated rings. The molecule has 1 unspecified atom stereocenters. The van der Waals surface area contributed by atoms with Crippen LogP contribution >= 0.6 is 0 Å². The Labute approximate surface area is 123 Å². The van der Waals surface area contributed by atoms with Gasteiger partial charge in [0.25, 0.3) is 0 Å². The van der Waals surface area contributed by atoms with E-state index < -0.39 is 0 Å². The standard InChI is InChI=1S/C15H19N5O/c21-13-4-2-8-20(13)11-3-1-7-19(9-11)15-12-5-6-16-14(12)17-10-18-15/h5-6,10-11H,1-4,7-9H2,(H,16,17,18). The molecule has 0 aliphatic carbocycles. The van der Waals surface area contributed by atoms with Crippen molar-refractivity contribution in [2.75, 3.05) is 24.5 Å². The Morgan fingerprint density at radius 3 is 3.05 bits per heavy atom. The number of nitrogens with one attached hydrogen (secondary N) is 1. The molecule has 2 aromatic rings. The van der Waals surface area contributed by atoms with Crippen molar-refractivity contribution >= 4 is 22.8 Å². The highest BCUT2D eigenvalue weighted by atomic mass is 16.2. The normalized spacial score (nSPS) is 23.2. The Morgan fingerprint density at radius 2 is 2.19 bits per heavy atom. The lowest BCUT2D eigenvalue weighted by Crippen LogP contribution is -2.48. The minimum absolute atomic E-state index is 0.316. The quantitative estimate of drug-likeness (QED) is 0.909. The number of aromatic amines is 1. The average molecular weight is 285 g/mol. The highest BCUT2D eigenvalue weighted by molar-refractivity contribution is 5.87. The zero-order valence-electron chi connectivity index (χ0n) is 12.0. The van der Waals surface area contributed by atoms with E-state index in [0.717, 1.165) is 55.7 Å². The molecule has 6 heteroatoms. The predicted octanol–water partition coefficient (Wildman–Crippen LogP) is 1.55. The molecule has 0 spiro atoms. The summed E-state index contributed by atoms with van der Waals surface area (Å²) in [6.07, 6.45) is 7.43. The van der Waals surface area contributed by atoms with Gasteiger partial charge in [-0.25, -0.2) is 9.97 Å². The smallest absolute Gasteiger partial charge is 0.222 e. The van der Waals surface area contributed by atoms with Crippen LogP contribution in [0.25, 0.3) is 11.0 Å². The van der Waals surface area contributed by atoms with Gasteiger partial charge in [0.15, 0.2) is 0 Å². The summed E-state index contributed by atoms with van der Waals surface area (Å²) < 4.78 is 0. The number of fused-ring (bicyclic) bond motifs is 1. The first kappa shape index (κ1) is 12.6. The summed E-state index contributed by atoms with van der Waals surface area (Å²) in [5.74, 6) is 1.30. The molecule has 2 aliphatic rings. The highest BCUT2D eigenvalue weighted by Gasteiger charge is 2.32. The third-order valence-electron chi connectivity index (χ3n) is 4.58. The Bertz CT molecular complexity index is 667. The molecule has 4 rings (SSSR count).